The molecular formula is C17H22N2O2. The van der Waals surface area contributed by atoms with Crippen LogP contribution >= 0.6 is 0 Å². The van der Waals surface area contributed by atoms with E-state index in [2.05, 4.69) is 11.4 Å². The lowest BCUT2D eigenvalue weighted by molar-refractivity contribution is -0.127. The van der Waals surface area contributed by atoms with Gasteiger partial charge >= 0.3 is 0 Å². The van der Waals surface area contributed by atoms with Gasteiger partial charge in [0, 0.05) is 18.7 Å². The molecule has 1 fully saturated rings. The molecule has 0 aromatic heterocycles. The summed E-state index contributed by atoms with van der Waals surface area (Å²) in [6.07, 6.45) is 5.28. The number of carbonyl (C=O) groups is 2. The molecule has 2 amide bonds. The smallest absolute Gasteiger partial charge is 0.254 e. The number of nitrogens with zero attached hydrogens (tertiary/aromatic N) is 1. The second-order valence-corrected chi connectivity index (χ2v) is 5.90. The summed E-state index contributed by atoms with van der Waals surface area (Å²) < 4.78 is 0. The van der Waals surface area contributed by atoms with Crippen molar-refractivity contribution in [3.8, 4) is 0 Å². The number of piperazine rings is 1. The second kappa shape index (κ2) is 5.88. The summed E-state index contributed by atoms with van der Waals surface area (Å²) in [5.41, 5.74) is 3.41. The summed E-state index contributed by atoms with van der Waals surface area (Å²) in [5, 5.41) is 2.84. The SMILES string of the molecule is CCC1C(=O)NCCN1C(=O)c1ccc2c(c1)CCCC2. The highest BCUT2D eigenvalue weighted by molar-refractivity contribution is 5.98. The van der Waals surface area contributed by atoms with Gasteiger partial charge in [0.05, 0.1) is 0 Å². The first-order valence-corrected chi connectivity index (χ1v) is 7.91. The third-order valence-corrected chi connectivity index (χ3v) is 4.57. The van der Waals surface area contributed by atoms with Crippen LogP contribution in [0.4, 0.5) is 0 Å². The lowest BCUT2D eigenvalue weighted by atomic mass is 9.90. The molecule has 1 aliphatic carbocycles. The summed E-state index contributed by atoms with van der Waals surface area (Å²) in [5.74, 6) is -0.0415. The fourth-order valence-electron chi connectivity index (χ4n) is 3.40. The highest BCUT2D eigenvalue weighted by Crippen LogP contribution is 2.23. The molecule has 1 N–H and O–H groups in total. The molecule has 112 valence electrons. The summed E-state index contributed by atoms with van der Waals surface area (Å²) >= 11 is 0. The molecule has 3 rings (SSSR count). The molecule has 1 aromatic rings. The number of nitrogens with one attached hydrogen (secondary N) is 1. The van der Waals surface area contributed by atoms with Crippen molar-refractivity contribution in [1.82, 2.24) is 10.2 Å². The Morgan fingerprint density at radius 1 is 1.29 bits per heavy atom. The zero-order valence-electron chi connectivity index (χ0n) is 12.5. The van der Waals surface area contributed by atoms with Gasteiger partial charge in [-0.15, -0.1) is 0 Å². The molecule has 4 nitrogen and oxygen atoms in total. The fourth-order valence-corrected chi connectivity index (χ4v) is 3.40. The summed E-state index contributed by atoms with van der Waals surface area (Å²) in [6.45, 7) is 3.09. The van der Waals surface area contributed by atoms with Gasteiger partial charge in [0.25, 0.3) is 5.91 Å². The Morgan fingerprint density at radius 3 is 2.81 bits per heavy atom. The number of benzene rings is 1. The zero-order chi connectivity index (χ0) is 14.8. The van der Waals surface area contributed by atoms with Crippen molar-refractivity contribution in [3.63, 3.8) is 0 Å². The predicted molar refractivity (Wildman–Crippen MR) is 81.2 cm³/mol. The summed E-state index contributed by atoms with van der Waals surface area (Å²) in [4.78, 5) is 26.4. The first kappa shape index (κ1) is 14.1. The van der Waals surface area contributed by atoms with Gasteiger partial charge in [0.15, 0.2) is 0 Å². The van der Waals surface area contributed by atoms with Crippen molar-refractivity contribution in [1.29, 1.82) is 0 Å². The van der Waals surface area contributed by atoms with E-state index in [4.69, 9.17) is 0 Å². The number of fused-ring (bicyclic) bond motifs is 1. The van der Waals surface area contributed by atoms with Gasteiger partial charge in [-0.2, -0.15) is 0 Å². The van der Waals surface area contributed by atoms with Crippen LogP contribution in [0, 0.1) is 0 Å². The topological polar surface area (TPSA) is 49.4 Å². The Labute approximate surface area is 125 Å². The second-order valence-electron chi connectivity index (χ2n) is 5.90. The van der Waals surface area contributed by atoms with Crippen molar-refractivity contribution in [2.24, 2.45) is 0 Å². The van der Waals surface area contributed by atoms with E-state index in [0.29, 0.717) is 19.5 Å². The molecule has 21 heavy (non-hydrogen) atoms. The lowest BCUT2D eigenvalue weighted by Crippen LogP contribution is -2.56. The fraction of sp³-hybridized carbons (Fsp3) is 0.529. The van der Waals surface area contributed by atoms with Crippen LogP contribution in [0.1, 0.15) is 47.7 Å². The van der Waals surface area contributed by atoms with E-state index in [1.54, 1.807) is 4.90 Å². The standard InChI is InChI=1S/C17H22N2O2/c1-2-15-16(20)18-9-10-19(15)17(21)14-8-7-12-5-3-4-6-13(12)11-14/h7-8,11,15H,2-6,9-10H2,1H3,(H,18,20). The normalized spacial score (nSPS) is 21.7. The van der Waals surface area contributed by atoms with Crippen LogP contribution < -0.4 is 5.32 Å². The quantitative estimate of drug-likeness (QED) is 0.903. The Kier molecular flexibility index (Phi) is 3.95. The van der Waals surface area contributed by atoms with Gasteiger partial charge in [-0.05, 0) is 55.4 Å². The van der Waals surface area contributed by atoms with E-state index in [1.165, 1.54) is 24.0 Å². The van der Waals surface area contributed by atoms with Gasteiger partial charge in [-0.25, -0.2) is 0 Å². The molecule has 0 saturated carbocycles. The van der Waals surface area contributed by atoms with Gasteiger partial charge in [0.1, 0.15) is 6.04 Å². The van der Waals surface area contributed by atoms with E-state index in [0.717, 1.165) is 18.4 Å². The van der Waals surface area contributed by atoms with Crippen molar-refractivity contribution in [3.05, 3.63) is 34.9 Å². The summed E-state index contributed by atoms with van der Waals surface area (Å²) in [7, 11) is 0. The number of amides is 2. The van der Waals surface area contributed by atoms with Gasteiger partial charge in [0.2, 0.25) is 5.91 Å². The largest absolute Gasteiger partial charge is 0.353 e. The highest BCUT2D eigenvalue weighted by Gasteiger charge is 2.32. The van der Waals surface area contributed by atoms with Crippen molar-refractivity contribution in [2.45, 2.75) is 45.1 Å². The predicted octanol–water partition coefficient (Wildman–Crippen LogP) is 1.92. The molecular weight excluding hydrogens is 264 g/mol. The number of hydrogen-bond donors (Lipinski definition) is 1. The maximum atomic E-state index is 12.7. The maximum absolute atomic E-state index is 12.7. The van der Waals surface area contributed by atoms with Crippen LogP contribution in [-0.4, -0.2) is 35.8 Å². The van der Waals surface area contributed by atoms with Crippen LogP contribution in [0.2, 0.25) is 0 Å². The Balaban J connectivity index is 1.85. The first-order valence-electron chi connectivity index (χ1n) is 7.91. The van der Waals surface area contributed by atoms with E-state index in [1.807, 2.05) is 19.1 Å². The van der Waals surface area contributed by atoms with Crippen LogP contribution in [0.5, 0.6) is 0 Å². The third kappa shape index (κ3) is 2.67. The molecule has 1 saturated heterocycles. The Morgan fingerprint density at radius 2 is 2.05 bits per heavy atom. The molecule has 2 aliphatic rings. The minimum absolute atomic E-state index is 0.00919. The number of aryl methyl sites for hydroxylation is 2. The monoisotopic (exact) mass is 286 g/mol. The average Bonchev–Trinajstić information content (AvgIpc) is 2.53. The zero-order valence-corrected chi connectivity index (χ0v) is 12.5. The molecule has 4 heteroatoms. The molecule has 0 radical (unpaired) electrons. The van der Waals surface area contributed by atoms with E-state index in [-0.39, 0.29) is 17.9 Å². The minimum Gasteiger partial charge on any atom is -0.353 e. The molecule has 1 atom stereocenters. The van der Waals surface area contributed by atoms with Gasteiger partial charge < -0.3 is 10.2 Å². The Hall–Kier alpha value is -1.84. The van der Waals surface area contributed by atoms with E-state index in [9.17, 15) is 9.59 Å². The van der Waals surface area contributed by atoms with Gasteiger partial charge in [-0.1, -0.05) is 13.0 Å². The van der Waals surface area contributed by atoms with Crippen LogP contribution in [0.25, 0.3) is 0 Å². The molecule has 1 aromatic carbocycles. The first-order chi connectivity index (χ1) is 10.2. The third-order valence-electron chi connectivity index (χ3n) is 4.57. The van der Waals surface area contributed by atoms with Gasteiger partial charge in [-0.3, -0.25) is 9.59 Å². The van der Waals surface area contributed by atoms with Crippen molar-refractivity contribution in [2.75, 3.05) is 13.1 Å². The van der Waals surface area contributed by atoms with Crippen LogP contribution in [-0.2, 0) is 17.6 Å². The molecule has 1 heterocycles. The van der Waals surface area contributed by atoms with Crippen molar-refractivity contribution < 1.29 is 9.59 Å². The summed E-state index contributed by atoms with van der Waals surface area (Å²) in [6, 6.07) is 5.72. The minimum atomic E-state index is -0.331. The maximum Gasteiger partial charge on any atom is 0.254 e. The van der Waals surface area contributed by atoms with Crippen molar-refractivity contribution >= 4 is 11.8 Å². The van der Waals surface area contributed by atoms with E-state index >= 15 is 0 Å². The Bertz CT molecular complexity index is 568. The number of hydrogen-bond acceptors (Lipinski definition) is 2. The van der Waals surface area contributed by atoms with Crippen LogP contribution in [0.15, 0.2) is 18.2 Å². The molecule has 0 spiro atoms. The molecule has 1 unspecified atom stereocenters. The van der Waals surface area contributed by atoms with E-state index < -0.39 is 0 Å². The van der Waals surface area contributed by atoms with Crippen LogP contribution in [0.3, 0.4) is 0 Å². The number of rotatable bonds is 2. The number of carbonyl (C=O) groups excluding carboxylic acids is 2. The average molecular weight is 286 g/mol. The molecule has 0 bridgehead atoms. The lowest BCUT2D eigenvalue weighted by Gasteiger charge is -2.34. The molecule has 1 aliphatic heterocycles. The highest BCUT2D eigenvalue weighted by atomic mass is 16.2.